The summed E-state index contributed by atoms with van der Waals surface area (Å²) in [5, 5.41) is 12.6. The number of nitrogens with one attached hydrogen (secondary N) is 1. The van der Waals surface area contributed by atoms with Gasteiger partial charge >= 0.3 is 0 Å². The Morgan fingerprint density at radius 3 is 2.25 bits per heavy atom. The quantitative estimate of drug-likeness (QED) is 0.445. The first kappa shape index (κ1) is 21.4. The predicted octanol–water partition coefficient (Wildman–Crippen LogP) is 5.06. The van der Waals surface area contributed by atoms with Gasteiger partial charge in [0.15, 0.2) is 0 Å². The maximum atomic E-state index is 13.4. The van der Waals surface area contributed by atoms with Crippen LogP contribution in [0.4, 0.5) is 11.4 Å². The molecule has 1 aliphatic rings. The molecule has 1 aliphatic heterocycles. The van der Waals surface area contributed by atoms with Gasteiger partial charge in [0.2, 0.25) is 5.91 Å². The van der Waals surface area contributed by atoms with Gasteiger partial charge in [-0.1, -0.05) is 78.0 Å². The molecule has 1 saturated heterocycles. The highest BCUT2D eigenvalue weighted by Gasteiger charge is 2.40. The molecular formula is C26H21N3O2S. The van der Waals surface area contributed by atoms with Crippen molar-refractivity contribution >= 4 is 35.0 Å². The van der Waals surface area contributed by atoms with E-state index in [1.807, 2.05) is 73.7 Å². The number of thioether (sulfide) groups is 1. The maximum Gasteiger partial charge on any atom is 0.269 e. The number of carbonyl (C=O) groups is 2. The summed E-state index contributed by atoms with van der Waals surface area (Å²) < 4.78 is 0. The normalized spacial score (nSPS) is 17.1. The van der Waals surface area contributed by atoms with Gasteiger partial charge in [0.1, 0.15) is 16.7 Å². The molecule has 3 aromatic rings. The van der Waals surface area contributed by atoms with Crippen molar-refractivity contribution in [2.75, 3.05) is 10.2 Å². The molecule has 4 rings (SSSR count). The Hall–Kier alpha value is -3.82. The van der Waals surface area contributed by atoms with Gasteiger partial charge < -0.3 is 5.32 Å². The summed E-state index contributed by atoms with van der Waals surface area (Å²) in [5.41, 5.74) is 3.23. The number of rotatable bonds is 5. The van der Waals surface area contributed by atoms with E-state index in [-0.39, 0.29) is 11.5 Å². The lowest BCUT2D eigenvalue weighted by atomic mass is 10.1. The Balaban J connectivity index is 1.70. The average molecular weight is 440 g/mol. The molecule has 5 nitrogen and oxygen atoms in total. The number of anilines is 2. The number of hydrogen-bond donors (Lipinski definition) is 1. The fraction of sp³-hybridized carbons (Fsp3) is 0.115. The van der Waals surface area contributed by atoms with Crippen LogP contribution in [0.15, 0.2) is 95.5 Å². The molecule has 0 aromatic heterocycles. The van der Waals surface area contributed by atoms with Crippen molar-refractivity contribution in [3.8, 4) is 6.07 Å². The van der Waals surface area contributed by atoms with Crippen LogP contribution < -0.4 is 10.2 Å². The summed E-state index contributed by atoms with van der Waals surface area (Å²) >= 11 is 1.26. The van der Waals surface area contributed by atoms with Crippen LogP contribution in [0.2, 0.25) is 0 Å². The Bertz CT molecular complexity index is 1200. The second kappa shape index (κ2) is 9.54. The minimum absolute atomic E-state index is 0.0802. The van der Waals surface area contributed by atoms with Gasteiger partial charge in [-0.2, -0.15) is 5.26 Å². The number of benzene rings is 3. The van der Waals surface area contributed by atoms with Gasteiger partial charge in [0, 0.05) is 11.4 Å². The molecule has 1 heterocycles. The Kier molecular flexibility index (Phi) is 6.39. The molecule has 6 heteroatoms. The lowest BCUT2D eigenvalue weighted by Gasteiger charge is -2.18. The van der Waals surface area contributed by atoms with Crippen molar-refractivity contribution in [1.29, 1.82) is 5.26 Å². The average Bonchev–Trinajstić information content (AvgIpc) is 3.12. The van der Waals surface area contributed by atoms with Gasteiger partial charge in [0.05, 0.1) is 5.25 Å². The zero-order valence-corrected chi connectivity index (χ0v) is 18.3. The van der Waals surface area contributed by atoms with E-state index in [2.05, 4.69) is 5.32 Å². The summed E-state index contributed by atoms with van der Waals surface area (Å²) in [6, 6.07) is 28.2. The SMILES string of the molecule is Cc1ccc(NC(=O)C(C#N)=C2SC(Cc3ccccc3)C(=O)N2c2ccccc2)cc1. The lowest BCUT2D eigenvalue weighted by molar-refractivity contribution is -0.117. The zero-order chi connectivity index (χ0) is 22.5. The van der Waals surface area contributed by atoms with Crippen LogP contribution in [0.25, 0.3) is 0 Å². The van der Waals surface area contributed by atoms with Gasteiger partial charge in [0.25, 0.3) is 5.91 Å². The minimum Gasteiger partial charge on any atom is -0.321 e. The first-order valence-corrected chi connectivity index (χ1v) is 11.1. The number of amides is 2. The zero-order valence-electron chi connectivity index (χ0n) is 17.5. The van der Waals surface area contributed by atoms with Crippen molar-refractivity contribution < 1.29 is 9.59 Å². The van der Waals surface area contributed by atoms with Crippen molar-refractivity contribution in [3.63, 3.8) is 0 Å². The van der Waals surface area contributed by atoms with Crippen LogP contribution in [-0.4, -0.2) is 17.1 Å². The Labute approximate surface area is 191 Å². The highest BCUT2D eigenvalue weighted by molar-refractivity contribution is 8.05. The molecule has 1 atom stereocenters. The first-order valence-electron chi connectivity index (χ1n) is 10.2. The van der Waals surface area contributed by atoms with Gasteiger partial charge in [-0.05, 0) is 43.2 Å². The number of hydrogen-bond acceptors (Lipinski definition) is 4. The van der Waals surface area contributed by atoms with Crippen molar-refractivity contribution in [1.82, 2.24) is 0 Å². The van der Waals surface area contributed by atoms with Crippen molar-refractivity contribution in [3.05, 3.63) is 107 Å². The highest BCUT2D eigenvalue weighted by Crippen LogP contribution is 2.42. The third kappa shape index (κ3) is 4.58. The van der Waals surface area contributed by atoms with E-state index in [4.69, 9.17) is 0 Å². The fourth-order valence-electron chi connectivity index (χ4n) is 3.46. The van der Waals surface area contributed by atoms with E-state index in [9.17, 15) is 14.9 Å². The highest BCUT2D eigenvalue weighted by atomic mass is 32.2. The number of carbonyl (C=O) groups excluding carboxylic acids is 2. The Morgan fingerprint density at radius 2 is 1.62 bits per heavy atom. The number of aryl methyl sites for hydroxylation is 1. The number of nitrogens with zero attached hydrogens (tertiary/aromatic N) is 2. The molecule has 32 heavy (non-hydrogen) atoms. The van der Waals surface area contributed by atoms with Crippen LogP contribution >= 0.6 is 11.8 Å². The third-order valence-electron chi connectivity index (χ3n) is 5.09. The van der Waals surface area contributed by atoms with Crippen LogP contribution in [0.1, 0.15) is 11.1 Å². The summed E-state index contributed by atoms with van der Waals surface area (Å²) in [4.78, 5) is 27.9. The molecule has 3 aromatic carbocycles. The molecule has 158 valence electrons. The van der Waals surface area contributed by atoms with Crippen LogP contribution in [0, 0.1) is 18.3 Å². The van der Waals surface area contributed by atoms with Gasteiger partial charge in [-0.25, -0.2) is 0 Å². The van der Waals surface area contributed by atoms with E-state index in [1.54, 1.807) is 24.3 Å². The van der Waals surface area contributed by atoms with Crippen molar-refractivity contribution in [2.45, 2.75) is 18.6 Å². The van der Waals surface area contributed by atoms with Gasteiger partial charge in [-0.15, -0.1) is 0 Å². The molecule has 1 unspecified atom stereocenters. The summed E-state index contributed by atoms with van der Waals surface area (Å²) in [6.07, 6.45) is 0.509. The summed E-state index contributed by atoms with van der Waals surface area (Å²) in [5.74, 6) is -0.677. The standard InChI is InChI=1S/C26H21N3O2S/c1-18-12-14-20(15-13-18)28-24(30)22(17-27)26-29(21-10-6-3-7-11-21)25(31)23(32-26)16-19-8-4-2-5-9-19/h2-15,23H,16H2,1H3,(H,28,30). The smallest absolute Gasteiger partial charge is 0.269 e. The molecule has 1 fully saturated rings. The third-order valence-corrected chi connectivity index (χ3v) is 6.36. The largest absolute Gasteiger partial charge is 0.321 e. The van der Waals surface area contributed by atoms with E-state index >= 15 is 0 Å². The van der Waals surface area contributed by atoms with E-state index in [0.717, 1.165) is 11.1 Å². The molecule has 1 N–H and O–H groups in total. The second-order valence-electron chi connectivity index (χ2n) is 7.42. The van der Waals surface area contributed by atoms with E-state index in [0.29, 0.717) is 22.8 Å². The summed E-state index contributed by atoms with van der Waals surface area (Å²) in [7, 11) is 0. The van der Waals surface area contributed by atoms with Crippen LogP contribution in [0.5, 0.6) is 0 Å². The fourth-order valence-corrected chi connectivity index (χ4v) is 4.77. The van der Waals surface area contributed by atoms with Gasteiger partial charge in [-0.3, -0.25) is 14.5 Å². The first-order chi connectivity index (χ1) is 15.6. The Morgan fingerprint density at radius 1 is 1.00 bits per heavy atom. The molecular weight excluding hydrogens is 418 g/mol. The molecule has 0 saturated carbocycles. The molecule has 0 aliphatic carbocycles. The molecule has 0 bridgehead atoms. The topological polar surface area (TPSA) is 73.2 Å². The van der Waals surface area contributed by atoms with Crippen LogP contribution in [0.3, 0.4) is 0 Å². The summed E-state index contributed by atoms with van der Waals surface area (Å²) in [6.45, 7) is 1.96. The lowest BCUT2D eigenvalue weighted by Crippen LogP contribution is -2.30. The number of nitriles is 1. The second-order valence-corrected chi connectivity index (χ2v) is 8.61. The van der Waals surface area contributed by atoms with Crippen LogP contribution in [-0.2, 0) is 16.0 Å². The predicted molar refractivity (Wildman–Crippen MR) is 128 cm³/mol. The van der Waals surface area contributed by atoms with Crippen molar-refractivity contribution in [2.24, 2.45) is 0 Å². The van der Waals surface area contributed by atoms with E-state index in [1.165, 1.54) is 16.7 Å². The monoisotopic (exact) mass is 439 g/mol. The number of para-hydroxylation sites is 1. The molecule has 0 radical (unpaired) electrons. The maximum absolute atomic E-state index is 13.4. The van der Waals surface area contributed by atoms with E-state index < -0.39 is 11.2 Å². The molecule has 2 amide bonds. The molecule has 0 spiro atoms. The minimum atomic E-state index is -0.534.